The Bertz CT molecular complexity index is 536. The Morgan fingerprint density at radius 2 is 1.82 bits per heavy atom. The van der Waals surface area contributed by atoms with Gasteiger partial charge in [-0.3, -0.25) is 4.79 Å². The predicted octanol–water partition coefficient (Wildman–Crippen LogP) is 2.13. The molecule has 0 radical (unpaired) electrons. The average Bonchev–Trinajstić information content (AvgIpc) is 2.49. The number of aliphatic carboxylic acids is 1. The molecule has 1 rings (SSSR count). The third-order valence-corrected chi connectivity index (χ3v) is 3.58. The Kier molecular flexibility index (Phi) is 7.51. The molecule has 22 heavy (non-hydrogen) atoms. The first kappa shape index (κ1) is 18.1. The van der Waals surface area contributed by atoms with Crippen LogP contribution in [0.4, 0.5) is 4.79 Å². The van der Waals surface area contributed by atoms with Crippen molar-refractivity contribution in [1.29, 1.82) is 0 Å². The molecule has 1 aromatic carbocycles. The van der Waals surface area contributed by atoms with E-state index in [0.717, 1.165) is 10.0 Å². The van der Waals surface area contributed by atoms with Gasteiger partial charge in [0.05, 0.1) is 14.2 Å². The molecular weight excluding hydrogens is 356 g/mol. The summed E-state index contributed by atoms with van der Waals surface area (Å²) in [5.74, 6) is 0.289. The lowest BCUT2D eigenvalue weighted by molar-refractivity contribution is -0.137. The van der Waals surface area contributed by atoms with Crippen LogP contribution in [0.15, 0.2) is 16.6 Å². The van der Waals surface area contributed by atoms with Gasteiger partial charge in [0, 0.05) is 24.0 Å². The molecule has 0 saturated carbocycles. The monoisotopic (exact) mass is 374 g/mol. The zero-order valence-corrected chi connectivity index (χ0v) is 14.0. The van der Waals surface area contributed by atoms with E-state index in [2.05, 4.69) is 26.6 Å². The minimum Gasteiger partial charge on any atom is -0.493 e. The van der Waals surface area contributed by atoms with Gasteiger partial charge in [-0.15, -0.1) is 0 Å². The number of methoxy groups -OCH3 is 2. The van der Waals surface area contributed by atoms with Gasteiger partial charge >= 0.3 is 12.0 Å². The summed E-state index contributed by atoms with van der Waals surface area (Å²) in [6.07, 6.45) is 0.421. The van der Waals surface area contributed by atoms with Crippen molar-refractivity contribution >= 4 is 27.9 Å². The summed E-state index contributed by atoms with van der Waals surface area (Å²) in [5, 5.41) is 13.8. The topological polar surface area (TPSA) is 96.9 Å². The summed E-state index contributed by atoms with van der Waals surface area (Å²) in [5.41, 5.74) is 0.832. The number of hydrogen-bond acceptors (Lipinski definition) is 4. The van der Waals surface area contributed by atoms with E-state index in [4.69, 9.17) is 14.6 Å². The molecule has 0 atom stereocenters. The summed E-state index contributed by atoms with van der Waals surface area (Å²) in [6.45, 7) is 0.608. The molecule has 0 saturated heterocycles. The van der Waals surface area contributed by atoms with Crippen molar-refractivity contribution in [1.82, 2.24) is 10.6 Å². The Balaban J connectivity index is 2.50. The van der Waals surface area contributed by atoms with Gasteiger partial charge in [0.25, 0.3) is 0 Å². The number of amides is 2. The zero-order chi connectivity index (χ0) is 16.5. The molecule has 1 aromatic rings. The van der Waals surface area contributed by atoms with Crippen LogP contribution in [-0.2, 0) is 11.3 Å². The van der Waals surface area contributed by atoms with E-state index in [9.17, 15) is 9.59 Å². The van der Waals surface area contributed by atoms with Gasteiger partial charge in [0.1, 0.15) is 0 Å². The van der Waals surface area contributed by atoms with E-state index < -0.39 is 5.97 Å². The molecule has 122 valence electrons. The van der Waals surface area contributed by atoms with Gasteiger partial charge in [-0.1, -0.05) is 15.9 Å². The van der Waals surface area contributed by atoms with E-state index in [1.165, 1.54) is 7.11 Å². The fourth-order valence-electron chi connectivity index (χ4n) is 1.71. The number of hydrogen-bond donors (Lipinski definition) is 3. The largest absolute Gasteiger partial charge is 0.493 e. The van der Waals surface area contributed by atoms with Crippen LogP contribution in [0, 0.1) is 0 Å². The quantitative estimate of drug-likeness (QED) is 0.605. The van der Waals surface area contributed by atoms with E-state index in [0.29, 0.717) is 31.0 Å². The number of nitrogens with one attached hydrogen (secondary N) is 2. The van der Waals surface area contributed by atoms with Crippen LogP contribution < -0.4 is 20.1 Å². The molecule has 0 unspecified atom stereocenters. The van der Waals surface area contributed by atoms with Crippen molar-refractivity contribution < 1.29 is 24.2 Å². The summed E-state index contributed by atoms with van der Waals surface area (Å²) in [6, 6.07) is 3.18. The lowest BCUT2D eigenvalue weighted by atomic mass is 10.2. The molecule has 0 aliphatic rings. The van der Waals surface area contributed by atoms with E-state index in [1.54, 1.807) is 19.2 Å². The highest BCUT2D eigenvalue weighted by atomic mass is 79.9. The summed E-state index contributed by atoms with van der Waals surface area (Å²) in [7, 11) is 3.09. The maximum Gasteiger partial charge on any atom is 0.315 e. The van der Waals surface area contributed by atoms with Gasteiger partial charge in [0.15, 0.2) is 11.5 Å². The van der Waals surface area contributed by atoms with Crippen molar-refractivity contribution in [2.24, 2.45) is 0 Å². The van der Waals surface area contributed by atoms with Gasteiger partial charge in [-0.25, -0.2) is 4.79 Å². The minimum atomic E-state index is -0.878. The molecule has 0 aliphatic carbocycles. The first-order valence-corrected chi connectivity index (χ1v) is 7.41. The molecule has 0 bridgehead atoms. The van der Waals surface area contributed by atoms with Crippen LogP contribution in [-0.4, -0.2) is 37.9 Å². The van der Waals surface area contributed by atoms with Gasteiger partial charge in [0.2, 0.25) is 0 Å². The molecule has 7 nitrogen and oxygen atoms in total. The Labute approximate surface area is 137 Å². The van der Waals surface area contributed by atoms with Crippen molar-refractivity contribution in [2.75, 3.05) is 20.8 Å². The number of carbonyl (C=O) groups excluding carboxylic acids is 1. The van der Waals surface area contributed by atoms with Crippen LogP contribution in [0.5, 0.6) is 11.5 Å². The molecule has 2 amide bonds. The van der Waals surface area contributed by atoms with Crippen LogP contribution in [0.2, 0.25) is 0 Å². The molecule has 0 aliphatic heterocycles. The number of urea groups is 1. The Morgan fingerprint density at radius 1 is 1.18 bits per heavy atom. The SMILES string of the molecule is COc1cc(Br)c(CNC(=O)NCCCC(=O)O)cc1OC. The number of ether oxygens (including phenoxy) is 2. The first-order valence-electron chi connectivity index (χ1n) is 6.61. The Morgan fingerprint density at radius 3 is 2.41 bits per heavy atom. The highest BCUT2D eigenvalue weighted by Crippen LogP contribution is 2.33. The second-order valence-electron chi connectivity index (χ2n) is 4.41. The minimum absolute atomic E-state index is 0.0293. The van der Waals surface area contributed by atoms with Crippen LogP contribution in [0.1, 0.15) is 18.4 Å². The summed E-state index contributed by atoms with van der Waals surface area (Å²) in [4.78, 5) is 22.0. The molecule has 3 N–H and O–H groups in total. The summed E-state index contributed by atoms with van der Waals surface area (Å²) >= 11 is 3.41. The summed E-state index contributed by atoms with van der Waals surface area (Å²) < 4.78 is 11.2. The number of rotatable bonds is 8. The van der Waals surface area contributed by atoms with Crippen molar-refractivity contribution in [3.05, 3.63) is 22.2 Å². The highest BCUT2D eigenvalue weighted by molar-refractivity contribution is 9.10. The molecular formula is C14H19BrN2O5. The number of carboxylic acid groups (broad SMARTS) is 1. The first-order chi connectivity index (χ1) is 10.5. The van der Waals surface area contributed by atoms with Crippen LogP contribution >= 0.6 is 15.9 Å². The lowest BCUT2D eigenvalue weighted by Crippen LogP contribution is -2.35. The second kappa shape index (κ2) is 9.14. The maximum absolute atomic E-state index is 11.6. The number of carbonyl (C=O) groups is 2. The lowest BCUT2D eigenvalue weighted by Gasteiger charge is -2.13. The standard InChI is InChI=1S/C14H19BrN2O5/c1-21-11-6-9(10(15)7-12(11)22-2)8-17-14(20)16-5-3-4-13(18)19/h6-7H,3-5,8H2,1-2H3,(H,18,19)(H2,16,17,20). The third-order valence-electron chi connectivity index (χ3n) is 2.84. The third kappa shape index (κ3) is 5.80. The maximum atomic E-state index is 11.6. The number of halogens is 1. The van der Waals surface area contributed by atoms with E-state index >= 15 is 0 Å². The second-order valence-corrected chi connectivity index (χ2v) is 5.26. The number of carboxylic acids is 1. The molecule has 0 spiro atoms. The Hall–Kier alpha value is -1.96. The van der Waals surface area contributed by atoms with Gasteiger partial charge in [-0.2, -0.15) is 0 Å². The fraction of sp³-hybridized carbons (Fsp3) is 0.429. The van der Waals surface area contributed by atoms with E-state index in [-0.39, 0.29) is 12.5 Å². The van der Waals surface area contributed by atoms with Crippen LogP contribution in [0.25, 0.3) is 0 Å². The molecule has 8 heteroatoms. The van der Waals surface area contributed by atoms with Crippen LogP contribution in [0.3, 0.4) is 0 Å². The average molecular weight is 375 g/mol. The molecule has 0 fully saturated rings. The predicted molar refractivity (Wildman–Crippen MR) is 84.4 cm³/mol. The normalized spacial score (nSPS) is 9.95. The fourth-order valence-corrected chi connectivity index (χ4v) is 2.17. The van der Waals surface area contributed by atoms with Crippen molar-refractivity contribution in [3.8, 4) is 11.5 Å². The molecule has 0 heterocycles. The highest BCUT2D eigenvalue weighted by Gasteiger charge is 2.10. The van der Waals surface area contributed by atoms with E-state index in [1.807, 2.05) is 0 Å². The smallest absolute Gasteiger partial charge is 0.315 e. The van der Waals surface area contributed by atoms with Gasteiger partial charge < -0.3 is 25.2 Å². The molecule has 0 aromatic heterocycles. The van der Waals surface area contributed by atoms with Gasteiger partial charge in [-0.05, 0) is 24.1 Å². The van der Waals surface area contributed by atoms with Crippen molar-refractivity contribution in [2.45, 2.75) is 19.4 Å². The van der Waals surface area contributed by atoms with Crippen molar-refractivity contribution in [3.63, 3.8) is 0 Å². The zero-order valence-electron chi connectivity index (χ0n) is 12.4. The number of benzene rings is 1.